The number of ether oxygens (including phenoxy) is 2. The van der Waals surface area contributed by atoms with Gasteiger partial charge in [0.1, 0.15) is 6.61 Å². The molecule has 1 heterocycles. The summed E-state index contributed by atoms with van der Waals surface area (Å²) < 4.78 is 11.0. The number of nitrogens with one attached hydrogen (secondary N) is 1. The lowest BCUT2D eigenvalue weighted by atomic mass is 9.71. The molecule has 6 heteroatoms. The first-order valence-electron chi connectivity index (χ1n) is 13.4. The number of dihydropyridines is 1. The predicted molar refractivity (Wildman–Crippen MR) is 146 cm³/mol. The standard InChI is InChI=1S/C31H38N2O4/c1-5-33(6-2)25-15-13-23(14-16-25)29-28(31(35)37-18-17-36-7-3)21(4)32-26-19-24(20-27(34)30(26)29)22-11-9-8-10-12-22/h8-16,24,29,32H,5-7,17-20H2,1-4H3/t24-,29+/m0/s1. The summed E-state index contributed by atoms with van der Waals surface area (Å²) in [5, 5.41) is 3.43. The lowest BCUT2D eigenvalue weighted by molar-refractivity contribution is -0.140. The third-order valence-electron chi connectivity index (χ3n) is 7.34. The molecule has 4 rings (SSSR count). The van der Waals surface area contributed by atoms with Gasteiger partial charge in [-0.2, -0.15) is 0 Å². The molecule has 196 valence electrons. The smallest absolute Gasteiger partial charge is 0.336 e. The Labute approximate surface area is 220 Å². The second-order valence-electron chi connectivity index (χ2n) is 9.52. The SMILES string of the molecule is CCOCCOC(=O)C1=C(C)NC2=C(C(=O)C[C@@H](c3ccccc3)C2)[C@@H]1c1ccc(N(CC)CC)cc1. The number of rotatable bonds is 10. The Kier molecular flexibility index (Phi) is 8.82. The van der Waals surface area contributed by atoms with Gasteiger partial charge in [0, 0.05) is 54.7 Å². The maximum Gasteiger partial charge on any atom is 0.336 e. The summed E-state index contributed by atoms with van der Waals surface area (Å²) in [6.45, 7) is 11.0. The van der Waals surface area contributed by atoms with Crippen molar-refractivity contribution < 1.29 is 19.1 Å². The zero-order valence-electron chi connectivity index (χ0n) is 22.4. The van der Waals surface area contributed by atoms with Crippen LogP contribution in [-0.2, 0) is 19.1 Å². The molecular formula is C31H38N2O4. The molecule has 37 heavy (non-hydrogen) atoms. The van der Waals surface area contributed by atoms with Crippen molar-refractivity contribution in [1.82, 2.24) is 5.32 Å². The fourth-order valence-corrected chi connectivity index (χ4v) is 5.49. The van der Waals surface area contributed by atoms with Gasteiger partial charge in [0.25, 0.3) is 0 Å². The van der Waals surface area contributed by atoms with Crippen molar-refractivity contribution >= 4 is 17.4 Å². The van der Waals surface area contributed by atoms with Crippen LogP contribution in [0.3, 0.4) is 0 Å². The Bertz CT molecular complexity index is 1160. The number of allylic oxidation sites excluding steroid dienone is 3. The molecule has 0 saturated heterocycles. The summed E-state index contributed by atoms with van der Waals surface area (Å²) in [5.41, 5.74) is 6.03. The van der Waals surface area contributed by atoms with Gasteiger partial charge in [-0.25, -0.2) is 4.79 Å². The van der Waals surface area contributed by atoms with Crippen LogP contribution in [0.15, 0.2) is 77.1 Å². The van der Waals surface area contributed by atoms with E-state index in [9.17, 15) is 9.59 Å². The Morgan fingerprint density at radius 2 is 1.65 bits per heavy atom. The fraction of sp³-hybridized carbons (Fsp3) is 0.419. The average molecular weight is 503 g/mol. The molecule has 0 unspecified atom stereocenters. The van der Waals surface area contributed by atoms with Gasteiger partial charge in [0.05, 0.1) is 12.2 Å². The molecule has 0 amide bonds. The second-order valence-corrected chi connectivity index (χ2v) is 9.52. The zero-order chi connectivity index (χ0) is 26.4. The van der Waals surface area contributed by atoms with E-state index >= 15 is 0 Å². The van der Waals surface area contributed by atoms with Crippen LogP contribution in [0.1, 0.15) is 63.5 Å². The molecule has 1 aliphatic carbocycles. The number of benzene rings is 2. The predicted octanol–water partition coefficient (Wildman–Crippen LogP) is 5.47. The molecule has 0 aromatic heterocycles. The van der Waals surface area contributed by atoms with E-state index in [1.54, 1.807) is 0 Å². The zero-order valence-corrected chi connectivity index (χ0v) is 22.4. The number of nitrogens with zero attached hydrogens (tertiary/aromatic N) is 1. The lowest BCUT2D eigenvalue weighted by Crippen LogP contribution is -2.36. The molecule has 0 radical (unpaired) electrons. The number of esters is 1. The highest BCUT2D eigenvalue weighted by Gasteiger charge is 2.41. The third-order valence-corrected chi connectivity index (χ3v) is 7.34. The molecule has 6 nitrogen and oxygen atoms in total. The van der Waals surface area contributed by atoms with E-state index in [0.29, 0.717) is 30.8 Å². The van der Waals surface area contributed by atoms with Crippen LogP contribution in [-0.4, -0.2) is 44.7 Å². The van der Waals surface area contributed by atoms with E-state index in [2.05, 4.69) is 48.3 Å². The first-order chi connectivity index (χ1) is 18.0. The van der Waals surface area contributed by atoms with Crippen molar-refractivity contribution in [3.8, 4) is 0 Å². The van der Waals surface area contributed by atoms with Crippen LogP contribution in [0.2, 0.25) is 0 Å². The third kappa shape index (κ3) is 5.80. The number of hydrogen-bond acceptors (Lipinski definition) is 6. The van der Waals surface area contributed by atoms with Crippen molar-refractivity contribution in [2.24, 2.45) is 0 Å². The summed E-state index contributed by atoms with van der Waals surface area (Å²) in [5.74, 6) is -0.691. The first-order valence-corrected chi connectivity index (χ1v) is 13.4. The van der Waals surface area contributed by atoms with Gasteiger partial charge in [-0.3, -0.25) is 4.79 Å². The van der Waals surface area contributed by atoms with E-state index in [4.69, 9.17) is 9.47 Å². The molecule has 2 aliphatic rings. The topological polar surface area (TPSA) is 67.9 Å². The van der Waals surface area contributed by atoms with Gasteiger partial charge in [0.15, 0.2) is 5.78 Å². The summed E-state index contributed by atoms with van der Waals surface area (Å²) in [4.78, 5) is 29.4. The maximum atomic E-state index is 13.7. The Balaban J connectivity index is 1.72. The van der Waals surface area contributed by atoms with Crippen molar-refractivity contribution in [2.45, 2.75) is 52.4 Å². The highest BCUT2D eigenvalue weighted by Crippen LogP contribution is 2.45. The number of carbonyl (C=O) groups excluding carboxylic acids is 2. The van der Waals surface area contributed by atoms with Gasteiger partial charge < -0.3 is 19.7 Å². The molecule has 2 aromatic carbocycles. The first kappa shape index (κ1) is 26.7. The van der Waals surface area contributed by atoms with Crippen LogP contribution in [0.5, 0.6) is 0 Å². The van der Waals surface area contributed by atoms with Crippen LogP contribution >= 0.6 is 0 Å². The molecule has 1 N–H and O–H groups in total. The van der Waals surface area contributed by atoms with Crippen molar-refractivity contribution in [1.29, 1.82) is 0 Å². The lowest BCUT2D eigenvalue weighted by Gasteiger charge is -2.37. The quantitative estimate of drug-likeness (QED) is 0.343. The molecule has 2 aromatic rings. The number of hydrogen-bond donors (Lipinski definition) is 1. The van der Waals surface area contributed by atoms with Crippen molar-refractivity contribution in [3.05, 3.63) is 88.3 Å². The summed E-state index contributed by atoms with van der Waals surface area (Å²) in [6.07, 6.45) is 1.15. The van der Waals surface area contributed by atoms with E-state index in [-0.39, 0.29) is 18.3 Å². The number of carbonyl (C=O) groups is 2. The van der Waals surface area contributed by atoms with Crippen molar-refractivity contribution in [2.75, 3.05) is 37.8 Å². The van der Waals surface area contributed by atoms with Gasteiger partial charge >= 0.3 is 5.97 Å². The highest BCUT2D eigenvalue weighted by atomic mass is 16.6. The summed E-state index contributed by atoms with van der Waals surface area (Å²) >= 11 is 0. The molecule has 2 atom stereocenters. The maximum absolute atomic E-state index is 13.7. The van der Waals surface area contributed by atoms with Gasteiger partial charge in [-0.05, 0) is 63.3 Å². The Morgan fingerprint density at radius 1 is 0.946 bits per heavy atom. The van der Waals surface area contributed by atoms with E-state index < -0.39 is 11.9 Å². The fourth-order valence-electron chi connectivity index (χ4n) is 5.49. The molecule has 0 saturated carbocycles. The summed E-state index contributed by atoms with van der Waals surface area (Å²) in [6, 6.07) is 18.4. The van der Waals surface area contributed by atoms with Gasteiger partial charge in [0.2, 0.25) is 0 Å². The molecule has 1 aliphatic heterocycles. The molecule has 0 bridgehead atoms. The minimum Gasteiger partial charge on any atom is -0.460 e. The van der Waals surface area contributed by atoms with Gasteiger partial charge in [-0.1, -0.05) is 42.5 Å². The highest BCUT2D eigenvalue weighted by molar-refractivity contribution is 6.04. The summed E-state index contributed by atoms with van der Waals surface area (Å²) in [7, 11) is 0. The molecular weight excluding hydrogens is 464 g/mol. The number of anilines is 1. The van der Waals surface area contributed by atoms with E-state index in [0.717, 1.165) is 47.7 Å². The van der Waals surface area contributed by atoms with Gasteiger partial charge in [-0.15, -0.1) is 0 Å². The average Bonchev–Trinajstić information content (AvgIpc) is 2.91. The largest absolute Gasteiger partial charge is 0.460 e. The normalized spacial score (nSPS) is 19.4. The monoisotopic (exact) mass is 502 g/mol. The Hall–Kier alpha value is -3.38. The minimum absolute atomic E-state index is 0.0764. The van der Waals surface area contributed by atoms with Crippen LogP contribution in [0, 0.1) is 0 Å². The van der Waals surface area contributed by atoms with E-state index in [1.165, 1.54) is 0 Å². The van der Waals surface area contributed by atoms with Crippen LogP contribution < -0.4 is 10.2 Å². The number of ketones is 1. The Morgan fingerprint density at radius 3 is 2.30 bits per heavy atom. The van der Waals surface area contributed by atoms with Crippen LogP contribution in [0.25, 0.3) is 0 Å². The van der Waals surface area contributed by atoms with Crippen LogP contribution in [0.4, 0.5) is 5.69 Å². The molecule has 0 fully saturated rings. The minimum atomic E-state index is -0.467. The molecule has 0 spiro atoms. The number of Topliss-reactive ketones (excluding diaryl/α,β-unsaturated/α-hetero) is 1. The van der Waals surface area contributed by atoms with E-state index in [1.807, 2.05) is 44.2 Å². The van der Waals surface area contributed by atoms with Crippen molar-refractivity contribution in [3.63, 3.8) is 0 Å². The second kappa shape index (κ2) is 12.2.